The number of nitrogens with zero attached hydrogens (tertiary/aromatic N) is 1. The Balaban J connectivity index is 1.70. The normalized spacial score (nSPS) is 12.2. The quantitative estimate of drug-likeness (QED) is 0.697. The molecule has 1 heterocycles. The standard InChI is InChI=1S/C17H15ClFN3OS/c1-9(17(23)22-14-5-3-11(19)7-13(14)18)20-12-4-6-15-16(8-12)24-10(2)21-15/h3-9,20H,1-2H3,(H,22,23)/t9-/m1/s1. The van der Waals surface area contributed by atoms with E-state index in [-0.39, 0.29) is 10.9 Å². The van der Waals surface area contributed by atoms with Gasteiger partial charge in [-0.15, -0.1) is 11.3 Å². The summed E-state index contributed by atoms with van der Waals surface area (Å²) >= 11 is 7.53. The summed E-state index contributed by atoms with van der Waals surface area (Å²) in [6.45, 7) is 3.70. The third-order valence-electron chi connectivity index (χ3n) is 3.46. The van der Waals surface area contributed by atoms with Gasteiger partial charge >= 0.3 is 0 Å². The SMILES string of the molecule is Cc1nc2ccc(N[C@H](C)C(=O)Nc3ccc(F)cc3Cl)cc2s1. The minimum absolute atomic E-state index is 0.164. The number of halogens is 2. The zero-order valence-electron chi connectivity index (χ0n) is 13.1. The molecule has 3 aromatic rings. The Hall–Kier alpha value is -2.18. The molecule has 24 heavy (non-hydrogen) atoms. The molecule has 0 unspecified atom stereocenters. The van der Waals surface area contributed by atoms with E-state index in [0.29, 0.717) is 5.69 Å². The van der Waals surface area contributed by atoms with Crippen LogP contribution in [0.25, 0.3) is 10.2 Å². The number of amides is 1. The highest BCUT2D eigenvalue weighted by molar-refractivity contribution is 7.18. The summed E-state index contributed by atoms with van der Waals surface area (Å²) < 4.78 is 14.1. The first-order valence-corrected chi connectivity index (χ1v) is 8.51. The van der Waals surface area contributed by atoms with Crippen LogP contribution in [0.2, 0.25) is 5.02 Å². The van der Waals surface area contributed by atoms with Gasteiger partial charge in [0.15, 0.2) is 0 Å². The van der Waals surface area contributed by atoms with E-state index in [0.717, 1.165) is 27.0 Å². The molecule has 0 saturated carbocycles. The smallest absolute Gasteiger partial charge is 0.246 e. The van der Waals surface area contributed by atoms with Crippen molar-refractivity contribution in [3.63, 3.8) is 0 Å². The number of benzene rings is 2. The van der Waals surface area contributed by atoms with E-state index >= 15 is 0 Å². The fourth-order valence-corrected chi connectivity index (χ4v) is 3.36. The summed E-state index contributed by atoms with van der Waals surface area (Å²) in [7, 11) is 0. The van der Waals surface area contributed by atoms with Crippen LogP contribution in [0, 0.1) is 12.7 Å². The lowest BCUT2D eigenvalue weighted by Crippen LogP contribution is -2.31. The fourth-order valence-electron chi connectivity index (χ4n) is 2.28. The van der Waals surface area contributed by atoms with Crippen molar-refractivity contribution in [2.45, 2.75) is 19.9 Å². The molecule has 1 atom stereocenters. The second-order valence-electron chi connectivity index (χ2n) is 5.39. The Morgan fingerprint density at radius 3 is 2.83 bits per heavy atom. The molecule has 2 N–H and O–H groups in total. The summed E-state index contributed by atoms with van der Waals surface area (Å²) in [5.41, 5.74) is 2.16. The molecule has 0 bridgehead atoms. The maximum atomic E-state index is 13.0. The highest BCUT2D eigenvalue weighted by Gasteiger charge is 2.15. The molecule has 0 aliphatic heterocycles. The molecule has 0 saturated heterocycles. The average molecular weight is 364 g/mol. The molecule has 0 aliphatic carbocycles. The summed E-state index contributed by atoms with van der Waals surface area (Å²) in [6.07, 6.45) is 0. The minimum atomic E-state index is -0.488. The van der Waals surface area contributed by atoms with Gasteiger partial charge in [-0.3, -0.25) is 4.79 Å². The lowest BCUT2D eigenvalue weighted by Gasteiger charge is -2.16. The van der Waals surface area contributed by atoms with E-state index in [2.05, 4.69) is 15.6 Å². The fraction of sp³-hybridized carbons (Fsp3) is 0.176. The second-order valence-corrected chi connectivity index (χ2v) is 7.04. The molecule has 7 heteroatoms. The number of aromatic nitrogens is 1. The Kier molecular flexibility index (Phi) is 4.69. The van der Waals surface area contributed by atoms with Crippen LogP contribution in [0.4, 0.5) is 15.8 Å². The lowest BCUT2D eigenvalue weighted by molar-refractivity contribution is -0.116. The molecule has 0 radical (unpaired) electrons. The van der Waals surface area contributed by atoms with E-state index in [1.165, 1.54) is 12.1 Å². The Morgan fingerprint density at radius 1 is 1.29 bits per heavy atom. The molecule has 124 valence electrons. The van der Waals surface area contributed by atoms with Crippen LogP contribution in [0.15, 0.2) is 36.4 Å². The maximum absolute atomic E-state index is 13.0. The molecule has 0 fully saturated rings. The van der Waals surface area contributed by atoms with Crippen molar-refractivity contribution < 1.29 is 9.18 Å². The van der Waals surface area contributed by atoms with Gasteiger partial charge in [0.25, 0.3) is 0 Å². The first kappa shape index (κ1) is 16.7. The van der Waals surface area contributed by atoms with Crippen molar-refractivity contribution in [3.05, 3.63) is 52.2 Å². The summed E-state index contributed by atoms with van der Waals surface area (Å²) in [4.78, 5) is 16.7. The van der Waals surface area contributed by atoms with E-state index in [1.54, 1.807) is 18.3 Å². The predicted octanol–water partition coefficient (Wildman–Crippen LogP) is 4.84. The Morgan fingerprint density at radius 2 is 2.08 bits per heavy atom. The number of hydrogen-bond donors (Lipinski definition) is 2. The van der Waals surface area contributed by atoms with Gasteiger partial charge < -0.3 is 10.6 Å². The number of thiazole rings is 1. The van der Waals surface area contributed by atoms with E-state index in [9.17, 15) is 9.18 Å². The number of anilines is 2. The molecular formula is C17H15ClFN3OS. The summed E-state index contributed by atoms with van der Waals surface area (Å²) in [6, 6.07) is 9.13. The van der Waals surface area contributed by atoms with Crippen molar-refractivity contribution in [1.29, 1.82) is 0 Å². The van der Waals surface area contributed by atoms with Crippen molar-refractivity contribution in [3.8, 4) is 0 Å². The van der Waals surface area contributed by atoms with Gasteiger partial charge in [-0.25, -0.2) is 9.37 Å². The first-order chi connectivity index (χ1) is 11.4. The van der Waals surface area contributed by atoms with Crippen LogP contribution in [0.1, 0.15) is 11.9 Å². The molecule has 0 aliphatic rings. The van der Waals surface area contributed by atoms with Gasteiger partial charge in [0.1, 0.15) is 11.9 Å². The van der Waals surface area contributed by atoms with Crippen LogP contribution in [0.3, 0.4) is 0 Å². The van der Waals surface area contributed by atoms with Gasteiger partial charge in [-0.05, 0) is 50.2 Å². The number of nitrogens with one attached hydrogen (secondary N) is 2. The van der Waals surface area contributed by atoms with Crippen molar-refractivity contribution in [2.24, 2.45) is 0 Å². The number of aryl methyl sites for hydroxylation is 1. The minimum Gasteiger partial charge on any atom is -0.374 e. The van der Waals surface area contributed by atoms with Crippen molar-refractivity contribution in [1.82, 2.24) is 4.98 Å². The van der Waals surface area contributed by atoms with Crippen molar-refractivity contribution in [2.75, 3.05) is 10.6 Å². The molecule has 2 aromatic carbocycles. The summed E-state index contributed by atoms with van der Waals surface area (Å²) in [5.74, 6) is -0.707. The van der Waals surface area contributed by atoms with Crippen LogP contribution in [-0.4, -0.2) is 16.9 Å². The van der Waals surface area contributed by atoms with E-state index in [1.807, 2.05) is 25.1 Å². The van der Waals surface area contributed by atoms with E-state index in [4.69, 9.17) is 11.6 Å². The van der Waals surface area contributed by atoms with Crippen LogP contribution in [-0.2, 0) is 4.79 Å². The number of hydrogen-bond acceptors (Lipinski definition) is 4. The molecule has 1 aromatic heterocycles. The van der Waals surface area contributed by atoms with Crippen molar-refractivity contribution >= 4 is 50.4 Å². The van der Waals surface area contributed by atoms with Crippen LogP contribution < -0.4 is 10.6 Å². The second kappa shape index (κ2) is 6.75. The highest BCUT2D eigenvalue weighted by Crippen LogP contribution is 2.26. The number of fused-ring (bicyclic) bond motifs is 1. The topological polar surface area (TPSA) is 54.0 Å². The van der Waals surface area contributed by atoms with E-state index < -0.39 is 11.9 Å². The third kappa shape index (κ3) is 3.66. The summed E-state index contributed by atoms with van der Waals surface area (Å²) in [5, 5.41) is 7.00. The third-order valence-corrected chi connectivity index (χ3v) is 4.71. The molecule has 0 spiro atoms. The maximum Gasteiger partial charge on any atom is 0.246 e. The molecule has 1 amide bonds. The average Bonchev–Trinajstić information content (AvgIpc) is 2.89. The highest BCUT2D eigenvalue weighted by atomic mass is 35.5. The molecule has 3 rings (SSSR count). The zero-order chi connectivity index (χ0) is 17.3. The van der Waals surface area contributed by atoms with Crippen LogP contribution in [0.5, 0.6) is 0 Å². The van der Waals surface area contributed by atoms with Gasteiger partial charge in [-0.2, -0.15) is 0 Å². The van der Waals surface area contributed by atoms with Gasteiger partial charge in [-0.1, -0.05) is 11.6 Å². The predicted molar refractivity (Wildman–Crippen MR) is 97.5 cm³/mol. The zero-order valence-corrected chi connectivity index (χ0v) is 14.6. The van der Waals surface area contributed by atoms with Gasteiger partial charge in [0.05, 0.1) is 25.9 Å². The molecular weight excluding hydrogens is 349 g/mol. The van der Waals surface area contributed by atoms with Gasteiger partial charge in [0.2, 0.25) is 5.91 Å². The Bertz CT molecular complexity index is 912. The Labute approximate surface area is 147 Å². The lowest BCUT2D eigenvalue weighted by atomic mass is 10.2. The number of rotatable bonds is 4. The van der Waals surface area contributed by atoms with Crippen LogP contribution >= 0.6 is 22.9 Å². The first-order valence-electron chi connectivity index (χ1n) is 7.32. The molecule has 4 nitrogen and oxygen atoms in total. The van der Waals surface area contributed by atoms with Gasteiger partial charge in [0, 0.05) is 5.69 Å². The number of carbonyl (C=O) groups excluding carboxylic acids is 1. The largest absolute Gasteiger partial charge is 0.374 e. The monoisotopic (exact) mass is 363 g/mol. The number of carbonyl (C=O) groups is 1.